The molecule has 0 atom stereocenters. The number of hydrogen-bond acceptors (Lipinski definition) is 3. The summed E-state index contributed by atoms with van der Waals surface area (Å²) < 4.78 is 12.9. The molecule has 6 heteroatoms. The van der Waals surface area contributed by atoms with Crippen molar-refractivity contribution in [1.29, 1.82) is 0 Å². The molecule has 2 rings (SSSR count). The Labute approximate surface area is 84.5 Å². The highest BCUT2D eigenvalue weighted by Crippen LogP contribution is 2.20. The molecule has 0 bridgehead atoms. The molecule has 1 aromatic heterocycles. The van der Waals surface area contributed by atoms with E-state index in [4.69, 9.17) is 5.73 Å². The van der Waals surface area contributed by atoms with Crippen molar-refractivity contribution >= 4 is 22.6 Å². The summed E-state index contributed by atoms with van der Waals surface area (Å²) in [5.41, 5.74) is 5.79. The number of nitrogens with two attached hydrogens (primary N) is 1. The van der Waals surface area contributed by atoms with Crippen LogP contribution in [-0.4, -0.2) is 22.6 Å². The van der Waals surface area contributed by atoms with Crippen LogP contribution < -0.4 is 11.1 Å². The van der Waals surface area contributed by atoms with Crippen LogP contribution in [0.5, 0.6) is 0 Å². The number of aromatic amines is 1. The molecular weight excluding hydrogens is 199 g/mol. The van der Waals surface area contributed by atoms with Crippen LogP contribution in [0, 0.1) is 5.82 Å². The number of halogens is 1. The molecule has 2 aromatic rings. The minimum absolute atomic E-state index is 0.135. The van der Waals surface area contributed by atoms with Gasteiger partial charge in [0.2, 0.25) is 5.91 Å². The second-order valence-electron chi connectivity index (χ2n) is 3.01. The number of hydrogen-bond donors (Lipinski definition) is 3. The fraction of sp³-hybridized carbons (Fsp3) is 0.111. The van der Waals surface area contributed by atoms with Crippen molar-refractivity contribution in [2.75, 3.05) is 11.9 Å². The molecule has 5 nitrogen and oxygen atoms in total. The van der Waals surface area contributed by atoms with Crippen molar-refractivity contribution in [3.63, 3.8) is 0 Å². The summed E-state index contributed by atoms with van der Waals surface area (Å²) in [7, 11) is 0. The smallest absolute Gasteiger partial charge is 0.239 e. The molecule has 0 fully saturated rings. The zero-order valence-corrected chi connectivity index (χ0v) is 7.75. The summed E-state index contributed by atoms with van der Waals surface area (Å²) in [6, 6.07) is 4.16. The number of anilines is 1. The third-order valence-corrected chi connectivity index (χ3v) is 1.97. The summed E-state index contributed by atoms with van der Waals surface area (Å²) in [5.74, 6) is -0.459. The Balaban J connectivity index is 2.43. The fourth-order valence-electron chi connectivity index (χ4n) is 1.26. The lowest BCUT2D eigenvalue weighted by atomic mass is 10.2. The fourth-order valence-corrected chi connectivity index (χ4v) is 1.26. The van der Waals surface area contributed by atoms with Crippen LogP contribution >= 0.6 is 0 Å². The molecule has 1 amide bonds. The molecule has 0 radical (unpaired) electrons. The van der Waals surface area contributed by atoms with E-state index in [-0.39, 0.29) is 18.3 Å². The molecule has 0 unspecified atom stereocenters. The minimum atomic E-state index is -0.382. The summed E-state index contributed by atoms with van der Waals surface area (Å²) in [6.45, 7) is -0.135. The first-order valence-electron chi connectivity index (χ1n) is 4.34. The third-order valence-electron chi connectivity index (χ3n) is 1.97. The van der Waals surface area contributed by atoms with Crippen LogP contribution in [0.1, 0.15) is 0 Å². The van der Waals surface area contributed by atoms with Crippen molar-refractivity contribution in [3.05, 3.63) is 24.0 Å². The zero-order valence-electron chi connectivity index (χ0n) is 7.75. The third kappa shape index (κ3) is 1.79. The first-order chi connectivity index (χ1) is 7.20. The van der Waals surface area contributed by atoms with Crippen molar-refractivity contribution in [1.82, 2.24) is 10.2 Å². The Morgan fingerprint density at radius 2 is 2.40 bits per heavy atom. The Bertz CT molecular complexity index is 508. The maximum Gasteiger partial charge on any atom is 0.239 e. The summed E-state index contributed by atoms with van der Waals surface area (Å²) in [4.78, 5) is 11.0. The van der Waals surface area contributed by atoms with Crippen LogP contribution in [0.25, 0.3) is 10.9 Å². The second-order valence-corrected chi connectivity index (χ2v) is 3.01. The van der Waals surface area contributed by atoms with E-state index in [1.807, 2.05) is 0 Å². The number of amides is 1. The van der Waals surface area contributed by atoms with Gasteiger partial charge in [0.1, 0.15) is 5.82 Å². The minimum Gasteiger partial charge on any atom is -0.322 e. The van der Waals surface area contributed by atoms with Gasteiger partial charge >= 0.3 is 0 Å². The normalized spacial score (nSPS) is 10.5. The van der Waals surface area contributed by atoms with E-state index in [0.29, 0.717) is 16.7 Å². The number of aromatic nitrogens is 2. The Morgan fingerprint density at radius 1 is 1.60 bits per heavy atom. The number of nitrogens with zero attached hydrogens (tertiary/aromatic N) is 1. The van der Waals surface area contributed by atoms with E-state index in [1.165, 1.54) is 12.1 Å². The molecule has 0 aliphatic carbocycles. The summed E-state index contributed by atoms with van der Waals surface area (Å²) in [6.07, 6.45) is 0. The van der Waals surface area contributed by atoms with Gasteiger partial charge in [0.05, 0.1) is 12.1 Å². The SMILES string of the molecule is NCC(=O)Nc1n[nH]c2ccc(F)cc12. The van der Waals surface area contributed by atoms with Crippen molar-refractivity contribution in [2.45, 2.75) is 0 Å². The monoisotopic (exact) mass is 208 g/mol. The first-order valence-corrected chi connectivity index (χ1v) is 4.34. The van der Waals surface area contributed by atoms with Crippen molar-refractivity contribution in [2.24, 2.45) is 5.73 Å². The molecule has 0 spiro atoms. The molecule has 1 heterocycles. The number of benzene rings is 1. The molecule has 0 aliphatic heterocycles. The highest BCUT2D eigenvalue weighted by Gasteiger charge is 2.08. The average Bonchev–Trinajstić information content (AvgIpc) is 2.61. The van der Waals surface area contributed by atoms with Crippen LogP contribution in [-0.2, 0) is 4.79 Å². The van der Waals surface area contributed by atoms with Gasteiger partial charge in [0.25, 0.3) is 0 Å². The number of H-pyrrole nitrogens is 1. The van der Waals surface area contributed by atoms with Gasteiger partial charge in [0, 0.05) is 5.39 Å². The van der Waals surface area contributed by atoms with E-state index >= 15 is 0 Å². The molecule has 4 N–H and O–H groups in total. The molecule has 78 valence electrons. The van der Waals surface area contributed by atoms with Crippen molar-refractivity contribution in [3.8, 4) is 0 Å². The van der Waals surface area contributed by atoms with E-state index in [2.05, 4.69) is 15.5 Å². The predicted molar refractivity (Wildman–Crippen MR) is 53.7 cm³/mol. The van der Waals surface area contributed by atoms with Crippen LogP contribution in [0.4, 0.5) is 10.2 Å². The molecule has 15 heavy (non-hydrogen) atoms. The Morgan fingerprint density at radius 3 is 3.13 bits per heavy atom. The number of rotatable bonds is 2. The molecule has 0 aliphatic rings. The van der Waals surface area contributed by atoms with Crippen LogP contribution in [0.2, 0.25) is 0 Å². The maximum atomic E-state index is 12.9. The highest BCUT2D eigenvalue weighted by molar-refractivity contribution is 6.00. The lowest BCUT2D eigenvalue weighted by molar-refractivity contribution is -0.114. The van der Waals surface area contributed by atoms with Crippen LogP contribution in [0.3, 0.4) is 0 Å². The standard InChI is InChI=1S/C9H9FN4O/c10-5-1-2-7-6(3-5)9(14-13-7)12-8(15)4-11/h1-3H,4,11H2,(H2,12,13,14,15). The van der Waals surface area contributed by atoms with Crippen molar-refractivity contribution < 1.29 is 9.18 Å². The highest BCUT2D eigenvalue weighted by atomic mass is 19.1. The zero-order chi connectivity index (χ0) is 10.8. The number of carbonyl (C=O) groups excluding carboxylic acids is 1. The maximum absolute atomic E-state index is 12.9. The quantitative estimate of drug-likeness (QED) is 0.675. The van der Waals surface area contributed by atoms with Gasteiger partial charge in [-0.15, -0.1) is 0 Å². The van der Waals surface area contributed by atoms with E-state index in [1.54, 1.807) is 6.07 Å². The van der Waals surface area contributed by atoms with Gasteiger partial charge in [0.15, 0.2) is 5.82 Å². The molecule has 0 saturated carbocycles. The van der Waals surface area contributed by atoms with Gasteiger partial charge in [-0.05, 0) is 18.2 Å². The Kier molecular flexibility index (Phi) is 2.34. The predicted octanol–water partition coefficient (Wildman–Crippen LogP) is 0.599. The van der Waals surface area contributed by atoms with Gasteiger partial charge < -0.3 is 11.1 Å². The number of nitrogens with one attached hydrogen (secondary N) is 2. The summed E-state index contributed by atoms with van der Waals surface area (Å²) >= 11 is 0. The molecule has 0 saturated heterocycles. The Hall–Kier alpha value is -1.95. The molecular formula is C9H9FN4O. The van der Waals surface area contributed by atoms with Gasteiger partial charge in [-0.2, -0.15) is 5.10 Å². The van der Waals surface area contributed by atoms with E-state index in [0.717, 1.165) is 0 Å². The largest absolute Gasteiger partial charge is 0.322 e. The topological polar surface area (TPSA) is 83.8 Å². The summed E-state index contributed by atoms with van der Waals surface area (Å²) in [5, 5.41) is 9.51. The molecule has 1 aromatic carbocycles. The van der Waals surface area contributed by atoms with Gasteiger partial charge in [-0.3, -0.25) is 9.89 Å². The lowest BCUT2D eigenvalue weighted by Gasteiger charge is -1.98. The van der Waals surface area contributed by atoms with Crippen LogP contribution in [0.15, 0.2) is 18.2 Å². The van der Waals surface area contributed by atoms with E-state index in [9.17, 15) is 9.18 Å². The number of fused-ring (bicyclic) bond motifs is 1. The van der Waals surface area contributed by atoms with E-state index < -0.39 is 0 Å². The second kappa shape index (κ2) is 3.66. The number of carbonyl (C=O) groups is 1. The van der Waals surface area contributed by atoms with Gasteiger partial charge in [-0.25, -0.2) is 4.39 Å². The average molecular weight is 208 g/mol. The first kappa shape index (κ1) is 9.60. The lowest BCUT2D eigenvalue weighted by Crippen LogP contribution is -2.22. The van der Waals surface area contributed by atoms with Gasteiger partial charge in [-0.1, -0.05) is 0 Å².